The Kier molecular flexibility index (Phi) is 5.85. The highest BCUT2D eigenvalue weighted by molar-refractivity contribution is 5.84. The van der Waals surface area contributed by atoms with Crippen molar-refractivity contribution >= 4 is 12.2 Å². The zero-order valence-electron chi connectivity index (χ0n) is 23.8. The maximum absolute atomic E-state index is 13.7. The molecule has 0 radical (unpaired) electrons. The van der Waals surface area contributed by atoms with Gasteiger partial charge in [-0.2, -0.15) is 0 Å². The van der Waals surface area contributed by atoms with E-state index in [-0.39, 0.29) is 45.0 Å². The fourth-order valence-corrected chi connectivity index (χ4v) is 10.6. The Morgan fingerprint density at radius 1 is 1.06 bits per heavy atom. The van der Waals surface area contributed by atoms with Gasteiger partial charge >= 0.3 is 0 Å². The third kappa shape index (κ3) is 3.09. The molecule has 2 N–H and O–H groups in total. The van der Waals surface area contributed by atoms with Crippen LogP contribution in [-0.4, -0.2) is 30.5 Å². The highest BCUT2D eigenvalue weighted by Crippen LogP contribution is 2.76. The number of hydrogen-bond acceptors (Lipinski definition) is 3. The van der Waals surface area contributed by atoms with Crippen LogP contribution in [0.4, 0.5) is 0 Å². The van der Waals surface area contributed by atoms with Crippen molar-refractivity contribution < 1.29 is 14.7 Å². The van der Waals surface area contributed by atoms with Gasteiger partial charge in [0.2, 0.25) is 5.91 Å². The zero-order valence-corrected chi connectivity index (χ0v) is 23.8. The first-order valence-electron chi connectivity index (χ1n) is 14.6. The second kappa shape index (κ2) is 8.04. The normalized spacial score (nSPS) is 48.9. The molecule has 0 aromatic rings. The van der Waals surface area contributed by atoms with Crippen molar-refractivity contribution in [3.8, 4) is 0 Å². The molecule has 0 aromatic heterocycles. The first-order chi connectivity index (χ1) is 16.8. The second-order valence-corrected chi connectivity index (χ2v) is 14.9. The summed E-state index contributed by atoms with van der Waals surface area (Å²) in [7, 11) is 0. The third-order valence-electron chi connectivity index (χ3n) is 12.9. The zero-order chi connectivity index (χ0) is 26.4. The van der Waals surface area contributed by atoms with Crippen molar-refractivity contribution in [3.63, 3.8) is 0 Å². The summed E-state index contributed by atoms with van der Waals surface area (Å²) >= 11 is 0. The van der Waals surface area contributed by atoms with E-state index < -0.39 is 0 Å². The molecule has 36 heavy (non-hydrogen) atoms. The fraction of sp³-hybridized carbons (Fsp3) is 0.812. The number of aliphatic hydroxyl groups excluding tert-OH is 1. The van der Waals surface area contributed by atoms with Crippen LogP contribution in [0.1, 0.15) is 99.8 Å². The minimum absolute atomic E-state index is 0.0180. The predicted octanol–water partition coefficient (Wildman–Crippen LogP) is 6.24. The molecule has 4 nitrogen and oxygen atoms in total. The van der Waals surface area contributed by atoms with E-state index in [1.807, 2.05) is 6.92 Å². The molecule has 1 amide bonds. The van der Waals surface area contributed by atoms with Crippen LogP contribution in [-0.2, 0) is 9.59 Å². The monoisotopic (exact) mass is 495 g/mol. The summed E-state index contributed by atoms with van der Waals surface area (Å²) in [5.74, 6) is 1.22. The molecule has 0 bridgehead atoms. The molecule has 8 atom stereocenters. The van der Waals surface area contributed by atoms with Crippen LogP contribution < -0.4 is 5.32 Å². The maximum atomic E-state index is 13.7. The van der Waals surface area contributed by atoms with Crippen LogP contribution in [0.2, 0.25) is 0 Å². The van der Waals surface area contributed by atoms with Crippen molar-refractivity contribution in [2.24, 2.45) is 50.2 Å². The van der Waals surface area contributed by atoms with Crippen molar-refractivity contribution in [2.45, 2.75) is 99.8 Å². The number of aldehydes is 1. The minimum Gasteiger partial charge on any atom is -0.395 e. The number of hydrogen-bond donors (Lipinski definition) is 2. The molecule has 200 valence electrons. The van der Waals surface area contributed by atoms with Crippen LogP contribution >= 0.6 is 0 Å². The maximum Gasteiger partial charge on any atom is 0.226 e. The van der Waals surface area contributed by atoms with Crippen molar-refractivity contribution in [1.29, 1.82) is 0 Å². The van der Waals surface area contributed by atoms with Gasteiger partial charge in [0.1, 0.15) is 6.29 Å². The first-order valence-corrected chi connectivity index (χ1v) is 14.6. The second-order valence-electron chi connectivity index (χ2n) is 14.9. The summed E-state index contributed by atoms with van der Waals surface area (Å²) in [5.41, 5.74) is 1.94. The quantitative estimate of drug-likeness (QED) is 0.358. The van der Waals surface area contributed by atoms with E-state index >= 15 is 0 Å². The summed E-state index contributed by atoms with van der Waals surface area (Å²) in [6, 6.07) is 0. The molecule has 0 aliphatic heterocycles. The van der Waals surface area contributed by atoms with Gasteiger partial charge in [-0.15, -0.1) is 0 Å². The molecule has 3 saturated carbocycles. The average molecular weight is 496 g/mol. The van der Waals surface area contributed by atoms with Gasteiger partial charge in [-0.3, -0.25) is 9.59 Å². The van der Waals surface area contributed by atoms with Gasteiger partial charge in [-0.05, 0) is 97.9 Å². The van der Waals surface area contributed by atoms with Crippen LogP contribution in [0.25, 0.3) is 0 Å². The summed E-state index contributed by atoms with van der Waals surface area (Å²) in [6.07, 6.45) is 14.0. The SMILES string of the molecule is CCNC(=O)[C@]12CCC(C)(C)C[C@H]1C1=CC[C@@H]3[C@@]4(C)C(C=O)=C[C@@](C)(CO)[C@@H]4CC[C@@]3(C)[C@]1(C)CC2. The smallest absolute Gasteiger partial charge is 0.226 e. The van der Waals surface area contributed by atoms with Gasteiger partial charge in [-0.1, -0.05) is 59.3 Å². The molecule has 3 fully saturated rings. The molecule has 0 spiro atoms. The number of carbonyl (C=O) groups excluding carboxylic acids is 2. The Hall–Kier alpha value is -1.42. The summed E-state index contributed by atoms with van der Waals surface area (Å²) in [6.45, 7) is 17.1. The number of carbonyl (C=O) groups is 2. The number of amides is 1. The van der Waals surface area contributed by atoms with Crippen molar-refractivity contribution in [3.05, 3.63) is 23.3 Å². The molecular formula is C32H49NO3. The number of allylic oxidation sites excluding steroid dienone is 3. The van der Waals surface area contributed by atoms with Crippen molar-refractivity contribution in [1.82, 2.24) is 5.32 Å². The molecule has 0 unspecified atom stereocenters. The summed E-state index contributed by atoms with van der Waals surface area (Å²) in [5, 5.41) is 13.6. The fourth-order valence-electron chi connectivity index (χ4n) is 10.6. The molecule has 0 saturated heterocycles. The minimum atomic E-state index is -0.329. The highest BCUT2D eigenvalue weighted by atomic mass is 16.3. The molecular weight excluding hydrogens is 446 g/mol. The predicted molar refractivity (Wildman–Crippen MR) is 144 cm³/mol. The number of fused-ring (bicyclic) bond motifs is 7. The van der Waals surface area contributed by atoms with E-state index in [9.17, 15) is 14.7 Å². The van der Waals surface area contributed by atoms with E-state index in [1.165, 1.54) is 0 Å². The number of rotatable bonds is 4. The molecule has 5 rings (SSSR count). The molecule has 0 heterocycles. The number of aliphatic hydroxyl groups is 1. The van der Waals surface area contributed by atoms with E-state index in [4.69, 9.17) is 0 Å². The molecule has 0 aromatic carbocycles. The summed E-state index contributed by atoms with van der Waals surface area (Å²) < 4.78 is 0. The van der Waals surface area contributed by atoms with Crippen LogP contribution in [0, 0.1) is 50.2 Å². The van der Waals surface area contributed by atoms with Crippen LogP contribution in [0.15, 0.2) is 23.3 Å². The van der Waals surface area contributed by atoms with Gasteiger partial charge in [0, 0.05) is 17.4 Å². The summed E-state index contributed by atoms with van der Waals surface area (Å²) in [4.78, 5) is 26.1. The van der Waals surface area contributed by atoms with Gasteiger partial charge in [-0.25, -0.2) is 0 Å². The van der Waals surface area contributed by atoms with E-state index in [2.05, 4.69) is 59.0 Å². The third-order valence-corrected chi connectivity index (χ3v) is 12.9. The Morgan fingerprint density at radius 3 is 2.39 bits per heavy atom. The number of nitrogens with one attached hydrogen (secondary N) is 1. The topological polar surface area (TPSA) is 66.4 Å². The molecule has 5 aliphatic carbocycles. The largest absolute Gasteiger partial charge is 0.395 e. The van der Waals surface area contributed by atoms with E-state index in [0.29, 0.717) is 24.3 Å². The van der Waals surface area contributed by atoms with Gasteiger partial charge in [0.05, 0.1) is 12.0 Å². The standard InChI is InChI=1S/C32H49NO3/c1-8-33-26(36)32-15-13-27(2,3)18-23(32)22-9-10-25-30(6,29(22,5)14-16-32)12-11-24-28(4,20-35)17-21(19-34)31(24,25)7/h9,17,19,23-25,35H,8,10-16,18,20H2,1-7H3,(H,33,36)/t23-,24-,25-,28-,29+,30+,31-,32-/m0/s1. The lowest BCUT2D eigenvalue weighted by Gasteiger charge is -2.69. The Balaban J connectivity index is 1.62. The molecule has 4 heteroatoms. The van der Waals surface area contributed by atoms with Crippen LogP contribution in [0.3, 0.4) is 0 Å². The van der Waals surface area contributed by atoms with Crippen molar-refractivity contribution in [2.75, 3.05) is 13.2 Å². The Labute approximate surface area is 218 Å². The Morgan fingerprint density at radius 2 is 1.75 bits per heavy atom. The lowest BCUT2D eigenvalue weighted by atomic mass is 9.35. The lowest BCUT2D eigenvalue weighted by Crippen LogP contribution is -2.63. The lowest BCUT2D eigenvalue weighted by molar-refractivity contribution is -0.159. The van der Waals surface area contributed by atoms with E-state index in [1.54, 1.807) is 5.57 Å². The average Bonchev–Trinajstić information content (AvgIpc) is 3.06. The highest BCUT2D eigenvalue weighted by Gasteiger charge is 2.70. The van der Waals surface area contributed by atoms with E-state index in [0.717, 1.165) is 63.2 Å². The van der Waals surface area contributed by atoms with Gasteiger partial charge < -0.3 is 10.4 Å². The molecule has 5 aliphatic rings. The van der Waals surface area contributed by atoms with Gasteiger partial charge in [0.15, 0.2) is 0 Å². The van der Waals surface area contributed by atoms with Crippen LogP contribution in [0.5, 0.6) is 0 Å². The first kappa shape index (κ1) is 26.2. The Bertz CT molecular complexity index is 1030. The van der Waals surface area contributed by atoms with Gasteiger partial charge in [0.25, 0.3) is 0 Å².